The number of amides is 1. The lowest BCUT2D eigenvalue weighted by atomic mass is 10.2. The molecule has 1 amide bonds. The highest BCUT2D eigenvalue weighted by molar-refractivity contribution is 7.89. The molecule has 8 heteroatoms. The molecule has 0 unspecified atom stereocenters. The summed E-state index contributed by atoms with van der Waals surface area (Å²) in [5, 5.41) is 3.69. The quantitative estimate of drug-likeness (QED) is 0.693. The maximum Gasteiger partial charge on any atom is 0.240 e. The van der Waals surface area contributed by atoms with E-state index < -0.39 is 10.0 Å². The second-order valence-electron chi connectivity index (χ2n) is 5.36. The molecular formula is C17H17N3O3S2. The molecule has 130 valence electrons. The summed E-state index contributed by atoms with van der Waals surface area (Å²) in [6, 6.07) is 13.9. The molecule has 0 fully saturated rings. The van der Waals surface area contributed by atoms with E-state index in [-0.39, 0.29) is 10.8 Å². The highest BCUT2D eigenvalue weighted by Gasteiger charge is 2.11. The fraction of sp³-hybridized carbons (Fsp3) is 0.176. The SMILES string of the molecule is CNS(=O)(=O)c1ccc(NC(=O)CCc2nc3ccccc3s2)cc1. The van der Waals surface area contributed by atoms with E-state index in [1.54, 1.807) is 23.5 Å². The number of benzene rings is 2. The normalized spacial score (nSPS) is 11.6. The number of para-hydroxylation sites is 1. The van der Waals surface area contributed by atoms with Crippen molar-refractivity contribution in [1.82, 2.24) is 9.71 Å². The van der Waals surface area contributed by atoms with Crippen LogP contribution in [0.3, 0.4) is 0 Å². The summed E-state index contributed by atoms with van der Waals surface area (Å²) in [5.74, 6) is -0.136. The maximum absolute atomic E-state index is 12.1. The molecule has 3 aromatic rings. The molecule has 25 heavy (non-hydrogen) atoms. The summed E-state index contributed by atoms with van der Waals surface area (Å²) in [4.78, 5) is 16.7. The minimum absolute atomic E-state index is 0.136. The van der Waals surface area contributed by atoms with Gasteiger partial charge in [0.1, 0.15) is 0 Å². The van der Waals surface area contributed by atoms with Crippen LogP contribution in [0.2, 0.25) is 0 Å². The van der Waals surface area contributed by atoms with Crippen molar-refractivity contribution in [2.75, 3.05) is 12.4 Å². The number of nitrogens with one attached hydrogen (secondary N) is 2. The first-order valence-electron chi connectivity index (χ1n) is 7.66. The van der Waals surface area contributed by atoms with Gasteiger partial charge in [-0.1, -0.05) is 12.1 Å². The number of hydrogen-bond acceptors (Lipinski definition) is 5. The van der Waals surface area contributed by atoms with E-state index in [1.807, 2.05) is 24.3 Å². The Morgan fingerprint density at radius 2 is 1.84 bits per heavy atom. The number of hydrogen-bond donors (Lipinski definition) is 2. The van der Waals surface area contributed by atoms with Crippen LogP contribution in [0, 0.1) is 0 Å². The van der Waals surface area contributed by atoms with E-state index >= 15 is 0 Å². The Balaban J connectivity index is 1.59. The third kappa shape index (κ3) is 4.22. The van der Waals surface area contributed by atoms with E-state index in [0.717, 1.165) is 15.2 Å². The van der Waals surface area contributed by atoms with Crippen molar-refractivity contribution in [1.29, 1.82) is 0 Å². The predicted molar refractivity (Wildman–Crippen MR) is 99.3 cm³/mol. The number of aryl methyl sites for hydroxylation is 1. The molecule has 0 bridgehead atoms. The number of sulfonamides is 1. The molecule has 6 nitrogen and oxygen atoms in total. The number of anilines is 1. The van der Waals surface area contributed by atoms with E-state index in [9.17, 15) is 13.2 Å². The lowest BCUT2D eigenvalue weighted by molar-refractivity contribution is -0.116. The summed E-state index contributed by atoms with van der Waals surface area (Å²) in [7, 11) is -2.12. The van der Waals surface area contributed by atoms with Gasteiger partial charge in [0.25, 0.3) is 0 Å². The van der Waals surface area contributed by atoms with Crippen LogP contribution in [0.4, 0.5) is 5.69 Å². The third-order valence-corrected chi connectivity index (χ3v) is 6.15. The van der Waals surface area contributed by atoms with Gasteiger partial charge in [0.15, 0.2) is 0 Å². The average Bonchev–Trinajstić information content (AvgIpc) is 3.03. The van der Waals surface area contributed by atoms with Gasteiger partial charge in [-0.05, 0) is 43.4 Å². The predicted octanol–water partition coefficient (Wildman–Crippen LogP) is 2.78. The molecular weight excluding hydrogens is 358 g/mol. The van der Waals surface area contributed by atoms with Crippen molar-refractivity contribution in [3.63, 3.8) is 0 Å². The van der Waals surface area contributed by atoms with Gasteiger partial charge in [-0.15, -0.1) is 11.3 Å². The number of aromatic nitrogens is 1. The van der Waals surface area contributed by atoms with Crippen molar-refractivity contribution >= 4 is 43.2 Å². The van der Waals surface area contributed by atoms with Crippen LogP contribution in [0.15, 0.2) is 53.4 Å². The minimum atomic E-state index is -3.47. The molecule has 2 N–H and O–H groups in total. The van der Waals surface area contributed by atoms with Gasteiger partial charge in [-0.3, -0.25) is 4.79 Å². The fourth-order valence-electron chi connectivity index (χ4n) is 2.31. The monoisotopic (exact) mass is 375 g/mol. The van der Waals surface area contributed by atoms with Crippen molar-refractivity contribution < 1.29 is 13.2 Å². The summed E-state index contributed by atoms with van der Waals surface area (Å²) in [6.07, 6.45) is 0.883. The first-order valence-corrected chi connectivity index (χ1v) is 9.96. The van der Waals surface area contributed by atoms with Crippen LogP contribution in [-0.2, 0) is 21.2 Å². The molecule has 0 radical (unpaired) electrons. The molecule has 0 saturated heterocycles. The maximum atomic E-state index is 12.1. The summed E-state index contributed by atoms with van der Waals surface area (Å²) in [5.41, 5.74) is 1.51. The van der Waals surface area contributed by atoms with E-state index in [1.165, 1.54) is 19.2 Å². The van der Waals surface area contributed by atoms with Crippen molar-refractivity contribution in [2.45, 2.75) is 17.7 Å². The number of carbonyl (C=O) groups excluding carboxylic acids is 1. The van der Waals surface area contributed by atoms with Gasteiger partial charge in [0, 0.05) is 18.5 Å². The van der Waals surface area contributed by atoms with Crippen LogP contribution in [0.1, 0.15) is 11.4 Å². The lowest BCUT2D eigenvalue weighted by Crippen LogP contribution is -2.18. The topological polar surface area (TPSA) is 88.2 Å². The van der Waals surface area contributed by atoms with Crippen LogP contribution in [-0.4, -0.2) is 26.4 Å². The number of carbonyl (C=O) groups is 1. The smallest absolute Gasteiger partial charge is 0.240 e. The van der Waals surface area contributed by atoms with Crippen molar-refractivity contribution in [2.24, 2.45) is 0 Å². The zero-order valence-corrected chi connectivity index (χ0v) is 15.2. The van der Waals surface area contributed by atoms with Crippen molar-refractivity contribution in [3.05, 3.63) is 53.5 Å². The van der Waals surface area contributed by atoms with Gasteiger partial charge < -0.3 is 5.32 Å². The molecule has 0 spiro atoms. The fourth-order valence-corrected chi connectivity index (χ4v) is 4.00. The first kappa shape index (κ1) is 17.5. The van der Waals surface area contributed by atoms with Crippen LogP contribution < -0.4 is 10.0 Å². The molecule has 2 aromatic carbocycles. The number of fused-ring (bicyclic) bond motifs is 1. The van der Waals surface area contributed by atoms with E-state index in [0.29, 0.717) is 18.5 Å². The van der Waals surface area contributed by atoms with Crippen LogP contribution in [0.5, 0.6) is 0 Å². The minimum Gasteiger partial charge on any atom is -0.326 e. The molecule has 0 aliphatic heterocycles. The molecule has 0 aliphatic rings. The molecule has 3 rings (SSSR count). The molecule has 0 saturated carbocycles. The van der Waals surface area contributed by atoms with Gasteiger partial charge in [0.05, 0.1) is 20.1 Å². The van der Waals surface area contributed by atoms with E-state index in [4.69, 9.17) is 0 Å². The Morgan fingerprint density at radius 1 is 1.12 bits per heavy atom. The first-order chi connectivity index (χ1) is 12.0. The Hall–Kier alpha value is -2.29. The Bertz CT molecular complexity index is 962. The van der Waals surface area contributed by atoms with Crippen LogP contribution >= 0.6 is 11.3 Å². The average molecular weight is 375 g/mol. The highest BCUT2D eigenvalue weighted by Crippen LogP contribution is 2.22. The van der Waals surface area contributed by atoms with Crippen molar-refractivity contribution in [3.8, 4) is 0 Å². The van der Waals surface area contributed by atoms with E-state index in [2.05, 4.69) is 15.0 Å². The standard InChI is InChI=1S/C17H17N3O3S2/c1-18-25(22,23)13-8-6-12(7-9-13)19-16(21)10-11-17-20-14-4-2-3-5-15(14)24-17/h2-9,18H,10-11H2,1H3,(H,19,21). The summed E-state index contributed by atoms with van der Waals surface area (Å²) in [6.45, 7) is 0. The molecule has 0 atom stereocenters. The zero-order valence-electron chi connectivity index (χ0n) is 13.5. The van der Waals surface area contributed by atoms with Gasteiger partial charge in [-0.25, -0.2) is 18.1 Å². The Labute approximate surface area is 150 Å². The third-order valence-electron chi connectivity index (χ3n) is 3.62. The summed E-state index contributed by atoms with van der Waals surface area (Å²) < 4.78 is 26.7. The Morgan fingerprint density at radius 3 is 2.52 bits per heavy atom. The van der Waals surface area contributed by atoms with Gasteiger partial charge in [-0.2, -0.15) is 0 Å². The highest BCUT2D eigenvalue weighted by atomic mass is 32.2. The summed E-state index contributed by atoms with van der Waals surface area (Å²) >= 11 is 1.59. The lowest BCUT2D eigenvalue weighted by Gasteiger charge is -2.06. The zero-order chi connectivity index (χ0) is 17.9. The number of rotatable bonds is 6. The molecule has 1 heterocycles. The van der Waals surface area contributed by atoms with Gasteiger partial charge >= 0.3 is 0 Å². The molecule has 0 aliphatic carbocycles. The number of nitrogens with zero attached hydrogens (tertiary/aromatic N) is 1. The van der Waals surface area contributed by atoms with Crippen LogP contribution in [0.25, 0.3) is 10.2 Å². The second-order valence-corrected chi connectivity index (χ2v) is 8.36. The second kappa shape index (κ2) is 7.30. The number of thiazole rings is 1. The molecule has 1 aromatic heterocycles. The van der Waals surface area contributed by atoms with Gasteiger partial charge in [0.2, 0.25) is 15.9 Å². The Kier molecular flexibility index (Phi) is 5.12. The largest absolute Gasteiger partial charge is 0.326 e.